The lowest BCUT2D eigenvalue weighted by atomic mass is 10.0. The number of anilines is 2. The van der Waals surface area contributed by atoms with E-state index in [0.717, 1.165) is 22.5 Å². The van der Waals surface area contributed by atoms with E-state index >= 15 is 0 Å². The van der Waals surface area contributed by atoms with Crippen LogP contribution in [0, 0.1) is 0 Å². The number of carbonyl (C=O) groups excluding carboxylic acids is 1. The molecule has 1 N–H and O–H groups in total. The highest BCUT2D eigenvalue weighted by molar-refractivity contribution is 6.13. The van der Waals surface area contributed by atoms with Crippen LogP contribution < -0.4 is 4.90 Å². The summed E-state index contributed by atoms with van der Waals surface area (Å²) in [6.45, 7) is 0. The van der Waals surface area contributed by atoms with Crippen molar-refractivity contribution in [1.29, 1.82) is 0 Å². The van der Waals surface area contributed by atoms with Crippen molar-refractivity contribution < 1.29 is 9.90 Å². The van der Waals surface area contributed by atoms with Crippen LogP contribution in [0.25, 0.3) is 0 Å². The highest BCUT2D eigenvalue weighted by atomic mass is 16.3. The topological polar surface area (TPSA) is 40.5 Å². The SMILES string of the molecule is O=C1c2ccccc2N(c2ccccc2)C1c1ccc(O)cc1. The molecular weight excluding hydrogens is 286 g/mol. The van der Waals surface area contributed by atoms with Crippen LogP contribution in [0.2, 0.25) is 0 Å². The average molecular weight is 301 g/mol. The van der Waals surface area contributed by atoms with Gasteiger partial charge in [0.25, 0.3) is 0 Å². The number of benzene rings is 3. The molecule has 1 unspecified atom stereocenters. The van der Waals surface area contributed by atoms with Gasteiger partial charge in [-0.2, -0.15) is 0 Å². The second-order valence-electron chi connectivity index (χ2n) is 5.58. The Morgan fingerprint density at radius 1 is 0.783 bits per heavy atom. The molecular formula is C20H15NO2. The molecule has 3 aromatic rings. The molecule has 112 valence electrons. The number of hydrogen-bond acceptors (Lipinski definition) is 3. The first kappa shape index (κ1) is 13.6. The summed E-state index contributed by atoms with van der Waals surface area (Å²) in [6, 6.07) is 24.0. The van der Waals surface area contributed by atoms with Crippen molar-refractivity contribution in [2.45, 2.75) is 6.04 Å². The molecule has 3 nitrogen and oxygen atoms in total. The molecule has 0 saturated carbocycles. The van der Waals surface area contributed by atoms with Crippen LogP contribution in [0.1, 0.15) is 22.0 Å². The van der Waals surface area contributed by atoms with E-state index in [1.54, 1.807) is 24.3 Å². The zero-order valence-corrected chi connectivity index (χ0v) is 12.4. The van der Waals surface area contributed by atoms with Gasteiger partial charge in [0.15, 0.2) is 5.78 Å². The third-order valence-corrected chi connectivity index (χ3v) is 4.18. The summed E-state index contributed by atoms with van der Waals surface area (Å²) in [4.78, 5) is 15.0. The van der Waals surface area contributed by atoms with E-state index in [1.165, 1.54) is 0 Å². The van der Waals surface area contributed by atoms with Crippen LogP contribution in [0.15, 0.2) is 78.9 Å². The number of ketones is 1. The molecule has 0 aliphatic carbocycles. The molecule has 1 atom stereocenters. The predicted molar refractivity (Wildman–Crippen MR) is 90.2 cm³/mol. The normalized spacial score (nSPS) is 16.4. The molecule has 0 radical (unpaired) electrons. The molecule has 0 fully saturated rings. The maximum Gasteiger partial charge on any atom is 0.192 e. The van der Waals surface area contributed by atoms with Gasteiger partial charge < -0.3 is 10.0 Å². The first-order chi connectivity index (χ1) is 11.3. The minimum absolute atomic E-state index is 0.0788. The van der Waals surface area contributed by atoms with Gasteiger partial charge in [0.05, 0.1) is 5.69 Å². The molecule has 1 heterocycles. The fourth-order valence-corrected chi connectivity index (χ4v) is 3.13. The smallest absolute Gasteiger partial charge is 0.192 e. The number of nitrogens with zero attached hydrogens (tertiary/aromatic N) is 1. The molecule has 0 bridgehead atoms. The van der Waals surface area contributed by atoms with Crippen LogP contribution in [0.3, 0.4) is 0 Å². The maximum absolute atomic E-state index is 13.0. The Balaban J connectivity index is 1.90. The van der Waals surface area contributed by atoms with Crippen molar-refractivity contribution in [3.8, 4) is 5.75 Å². The molecule has 4 rings (SSSR count). The predicted octanol–water partition coefficient (Wildman–Crippen LogP) is 4.47. The number of aromatic hydroxyl groups is 1. The van der Waals surface area contributed by atoms with Gasteiger partial charge in [-0.1, -0.05) is 42.5 Å². The Morgan fingerprint density at radius 3 is 2.17 bits per heavy atom. The molecule has 0 spiro atoms. The minimum Gasteiger partial charge on any atom is -0.508 e. The summed E-state index contributed by atoms with van der Waals surface area (Å²) in [5.74, 6) is 0.276. The van der Waals surface area contributed by atoms with Gasteiger partial charge in [0.1, 0.15) is 11.8 Å². The fraction of sp³-hybridized carbons (Fsp3) is 0.0500. The quantitative estimate of drug-likeness (QED) is 0.759. The number of fused-ring (bicyclic) bond motifs is 1. The van der Waals surface area contributed by atoms with E-state index in [1.807, 2.05) is 54.6 Å². The van der Waals surface area contributed by atoms with Crippen molar-refractivity contribution in [3.63, 3.8) is 0 Å². The third kappa shape index (κ3) is 2.18. The van der Waals surface area contributed by atoms with Crippen molar-refractivity contribution in [2.24, 2.45) is 0 Å². The van der Waals surface area contributed by atoms with Gasteiger partial charge in [0.2, 0.25) is 0 Å². The molecule has 3 heteroatoms. The molecule has 3 aromatic carbocycles. The first-order valence-corrected chi connectivity index (χ1v) is 7.52. The Hall–Kier alpha value is -3.07. The van der Waals surface area contributed by atoms with Gasteiger partial charge in [-0.3, -0.25) is 4.79 Å². The lowest BCUT2D eigenvalue weighted by Crippen LogP contribution is -2.23. The van der Waals surface area contributed by atoms with Gasteiger partial charge in [0, 0.05) is 11.3 Å². The summed E-state index contributed by atoms with van der Waals surface area (Å²) >= 11 is 0. The van der Waals surface area contributed by atoms with Crippen LogP contribution in [0.4, 0.5) is 11.4 Å². The van der Waals surface area contributed by atoms with Gasteiger partial charge in [-0.05, 0) is 42.0 Å². The third-order valence-electron chi connectivity index (χ3n) is 4.18. The highest BCUT2D eigenvalue weighted by Gasteiger charge is 2.38. The Labute approximate surface area is 134 Å². The minimum atomic E-state index is -0.407. The van der Waals surface area contributed by atoms with Crippen LogP contribution in [-0.2, 0) is 0 Å². The molecule has 0 saturated heterocycles. The van der Waals surface area contributed by atoms with Crippen molar-refractivity contribution >= 4 is 17.2 Å². The summed E-state index contributed by atoms with van der Waals surface area (Å²) in [5, 5.41) is 9.52. The van der Waals surface area contributed by atoms with E-state index in [4.69, 9.17) is 0 Å². The number of para-hydroxylation sites is 2. The number of rotatable bonds is 2. The standard InChI is InChI=1S/C20H15NO2/c22-16-12-10-14(11-13-16)19-20(23)17-8-4-5-9-18(17)21(19)15-6-2-1-3-7-15/h1-13,19,22H. The largest absolute Gasteiger partial charge is 0.508 e. The van der Waals surface area contributed by atoms with Crippen molar-refractivity contribution in [1.82, 2.24) is 0 Å². The lowest BCUT2D eigenvalue weighted by Gasteiger charge is -2.26. The maximum atomic E-state index is 13.0. The van der Waals surface area contributed by atoms with Gasteiger partial charge in [-0.25, -0.2) is 0 Å². The van der Waals surface area contributed by atoms with E-state index in [9.17, 15) is 9.90 Å². The first-order valence-electron chi connectivity index (χ1n) is 7.52. The van der Waals surface area contributed by atoms with E-state index in [0.29, 0.717) is 0 Å². The molecule has 0 amide bonds. The molecule has 1 aliphatic rings. The summed E-state index contributed by atoms with van der Waals surface area (Å²) in [7, 11) is 0. The van der Waals surface area contributed by atoms with Crippen LogP contribution >= 0.6 is 0 Å². The molecule has 0 aromatic heterocycles. The van der Waals surface area contributed by atoms with Crippen molar-refractivity contribution in [3.05, 3.63) is 90.0 Å². The molecule has 23 heavy (non-hydrogen) atoms. The Kier molecular flexibility index (Phi) is 3.12. The fourth-order valence-electron chi connectivity index (χ4n) is 3.13. The summed E-state index contributed by atoms with van der Waals surface area (Å²) in [6.07, 6.45) is 0. The number of phenols is 1. The van der Waals surface area contributed by atoms with Crippen LogP contribution in [0.5, 0.6) is 5.75 Å². The number of Topliss-reactive ketones (excluding diaryl/α,β-unsaturated/α-hetero) is 1. The van der Waals surface area contributed by atoms with E-state index in [-0.39, 0.29) is 11.5 Å². The van der Waals surface area contributed by atoms with Gasteiger partial charge in [-0.15, -0.1) is 0 Å². The van der Waals surface area contributed by atoms with E-state index < -0.39 is 6.04 Å². The zero-order valence-electron chi connectivity index (χ0n) is 12.4. The zero-order chi connectivity index (χ0) is 15.8. The Bertz CT molecular complexity index is 856. The number of hydrogen-bond donors (Lipinski definition) is 1. The van der Waals surface area contributed by atoms with Crippen LogP contribution in [-0.4, -0.2) is 10.9 Å². The second kappa shape index (κ2) is 5.29. The monoisotopic (exact) mass is 301 g/mol. The van der Waals surface area contributed by atoms with Gasteiger partial charge >= 0.3 is 0 Å². The lowest BCUT2D eigenvalue weighted by molar-refractivity contribution is 0.0973. The van der Waals surface area contributed by atoms with Crippen molar-refractivity contribution in [2.75, 3.05) is 4.90 Å². The highest BCUT2D eigenvalue weighted by Crippen LogP contribution is 2.45. The van der Waals surface area contributed by atoms with E-state index in [2.05, 4.69) is 4.90 Å². The Morgan fingerprint density at radius 2 is 1.43 bits per heavy atom. The summed E-state index contributed by atoms with van der Waals surface area (Å²) < 4.78 is 0. The number of phenolic OH excluding ortho intramolecular Hbond substituents is 1. The summed E-state index contributed by atoms with van der Waals surface area (Å²) in [5.41, 5.74) is 3.49. The second-order valence-corrected chi connectivity index (χ2v) is 5.58. The molecule has 1 aliphatic heterocycles. The number of carbonyl (C=O) groups is 1. The average Bonchev–Trinajstić information content (AvgIpc) is 2.90.